The van der Waals surface area contributed by atoms with Crippen molar-refractivity contribution in [2.24, 2.45) is 0 Å². The van der Waals surface area contributed by atoms with Crippen LogP contribution in [0.4, 0.5) is 0 Å². The summed E-state index contributed by atoms with van der Waals surface area (Å²) in [5, 5.41) is 9.63. The maximum atomic E-state index is 11.4. The minimum atomic E-state index is -0.380. The van der Waals surface area contributed by atoms with Crippen molar-refractivity contribution < 1.29 is 5.21 Å². The molecule has 0 bridgehead atoms. The Labute approximate surface area is 110 Å². The lowest BCUT2D eigenvalue weighted by Crippen LogP contribution is -2.20. The van der Waals surface area contributed by atoms with Crippen LogP contribution in [-0.2, 0) is 5.75 Å². The van der Waals surface area contributed by atoms with Gasteiger partial charge in [0.25, 0.3) is 5.56 Å². The summed E-state index contributed by atoms with van der Waals surface area (Å²) < 4.78 is 0.716. The van der Waals surface area contributed by atoms with Crippen LogP contribution in [0.2, 0.25) is 0 Å². The highest BCUT2D eigenvalue weighted by molar-refractivity contribution is 7.98. The van der Waals surface area contributed by atoms with Gasteiger partial charge in [-0.2, -0.15) is 4.73 Å². The van der Waals surface area contributed by atoms with Gasteiger partial charge in [0.2, 0.25) is 0 Å². The summed E-state index contributed by atoms with van der Waals surface area (Å²) in [7, 11) is 0. The summed E-state index contributed by atoms with van der Waals surface area (Å²) in [6.45, 7) is 3.89. The van der Waals surface area contributed by atoms with Crippen LogP contribution >= 0.6 is 11.8 Å². The molecule has 0 aliphatic heterocycles. The molecule has 0 aliphatic rings. The Morgan fingerprint density at radius 1 is 1.11 bits per heavy atom. The molecule has 0 saturated heterocycles. The van der Waals surface area contributed by atoms with E-state index < -0.39 is 0 Å². The number of pyridine rings is 1. The molecule has 1 aromatic carbocycles. The Kier molecular flexibility index (Phi) is 3.77. The standard InChI is InChI=1S/C14H15NO2S/c1-10-3-5-13(6-4-10)18-9-12-7-11(2)8-14(16)15(12)17/h3-8,17H,9H2,1-2H3. The molecule has 1 aromatic heterocycles. The van der Waals surface area contributed by atoms with E-state index in [1.165, 1.54) is 11.6 Å². The predicted molar refractivity (Wildman–Crippen MR) is 73.4 cm³/mol. The van der Waals surface area contributed by atoms with Gasteiger partial charge in [0.15, 0.2) is 0 Å². The predicted octanol–water partition coefficient (Wildman–Crippen LogP) is 2.99. The third kappa shape index (κ3) is 2.96. The molecule has 0 atom stereocenters. The van der Waals surface area contributed by atoms with Crippen LogP contribution < -0.4 is 5.56 Å². The Morgan fingerprint density at radius 2 is 1.78 bits per heavy atom. The van der Waals surface area contributed by atoms with Crippen molar-refractivity contribution in [3.05, 3.63) is 63.6 Å². The molecule has 1 heterocycles. The molecule has 0 aliphatic carbocycles. The third-order valence-electron chi connectivity index (χ3n) is 2.63. The lowest BCUT2D eigenvalue weighted by Gasteiger charge is -2.07. The monoisotopic (exact) mass is 261 g/mol. The van der Waals surface area contributed by atoms with Gasteiger partial charge in [-0.25, -0.2) is 0 Å². The lowest BCUT2D eigenvalue weighted by molar-refractivity contribution is 0.167. The van der Waals surface area contributed by atoms with Gasteiger partial charge in [-0.3, -0.25) is 4.79 Å². The van der Waals surface area contributed by atoms with E-state index in [4.69, 9.17) is 0 Å². The summed E-state index contributed by atoms with van der Waals surface area (Å²) in [4.78, 5) is 12.5. The van der Waals surface area contributed by atoms with Gasteiger partial charge < -0.3 is 5.21 Å². The Morgan fingerprint density at radius 3 is 2.44 bits per heavy atom. The molecule has 2 rings (SSSR count). The van der Waals surface area contributed by atoms with E-state index in [0.717, 1.165) is 10.5 Å². The second-order valence-electron chi connectivity index (χ2n) is 4.28. The zero-order valence-electron chi connectivity index (χ0n) is 10.4. The zero-order valence-corrected chi connectivity index (χ0v) is 11.2. The molecule has 0 radical (unpaired) electrons. The average molecular weight is 261 g/mol. The average Bonchev–Trinajstić information content (AvgIpc) is 2.34. The molecule has 4 heteroatoms. The molecule has 1 N–H and O–H groups in total. The van der Waals surface area contributed by atoms with Crippen molar-refractivity contribution in [1.29, 1.82) is 0 Å². The number of rotatable bonds is 3. The number of thioether (sulfide) groups is 1. The Balaban J connectivity index is 2.15. The fourth-order valence-electron chi connectivity index (χ4n) is 1.66. The molecular formula is C14H15NO2S. The van der Waals surface area contributed by atoms with Crippen LogP contribution in [0, 0.1) is 13.8 Å². The molecule has 0 spiro atoms. The quantitative estimate of drug-likeness (QED) is 0.682. The number of aromatic nitrogens is 1. The highest BCUT2D eigenvalue weighted by Gasteiger charge is 2.04. The van der Waals surface area contributed by atoms with Gasteiger partial charge in [0.05, 0.1) is 5.69 Å². The molecular weight excluding hydrogens is 246 g/mol. The maximum Gasteiger partial charge on any atom is 0.283 e. The van der Waals surface area contributed by atoms with E-state index in [1.807, 2.05) is 44.2 Å². The van der Waals surface area contributed by atoms with Crippen molar-refractivity contribution >= 4 is 11.8 Å². The first-order valence-electron chi connectivity index (χ1n) is 5.67. The van der Waals surface area contributed by atoms with Gasteiger partial charge in [0.1, 0.15) is 0 Å². The van der Waals surface area contributed by atoms with Crippen LogP contribution in [0.1, 0.15) is 16.8 Å². The number of hydrogen-bond donors (Lipinski definition) is 1. The molecule has 0 amide bonds. The van der Waals surface area contributed by atoms with E-state index in [-0.39, 0.29) is 5.56 Å². The van der Waals surface area contributed by atoms with Gasteiger partial charge in [-0.05, 0) is 37.6 Å². The van der Waals surface area contributed by atoms with Crippen molar-refractivity contribution in [3.63, 3.8) is 0 Å². The molecule has 0 unspecified atom stereocenters. The SMILES string of the molecule is Cc1ccc(SCc2cc(C)cc(=O)n2O)cc1. The molecule has 18 heavy (non-hydrogen) atoms. The van der Waals surface area contributed by atoms with Crippen molar-refractivity contribution in [2.75, 3.05) is 0 Å². The minimum Gasteiger partial charge on any atom is -0.425 e. The van der Waals surface area contributed by atoms with Crippen LogP contribution in [0.25, 0.3) is 0 Å². The largest absolute Gasteiger partial charge is 0.425 e. The van der Waals surface area contributed by atoms with Gasteiger partial charge in [-0.1, -0.05) is 17.7 Å². The molecule has 94 valence electrons. The first-order chi connectivity index (χ1) is 8.56. The number of benzene rings is 1. The fourth-order valence-corrected chi connectivity index (χ4v) is 2.51. The van der Waals surface area contributed by atoms with E-state index >= 15 is 0 Å². The number of aryl methyl sites for hydroxylation is 2. The van der Waals surface area contributed by atoms with E-state index in [0.29, 0.717) is 16.2 Å². The molecule has 0 saturated carbocycles. The van der Waals surface area contributed by atoms with E-state index in [1.54, 1.807) is 11.8 Å². The maximum absolute atomic E-state index is 11.4. The summed E-state index contributed by atoms with van der Waals surface area (Å²) in [6, 6.07) is 11.4. The number of nitrogens with zero attached hydrogens (tertiary/aromatic N) is 1. The highest BCUT2D eigenvalue weighted by atomic mass is 32.2. The van der Waals surface area contributed by atoms with Crippen LogP contribution in [0.3, 0.4) is 0 Å². The molecule has 2 aromatic rings. The Bertz CT molecular complexity index is 602. The smallest absolute Gasteiger partial charge is 0.283 e. The topological polar surface area (TPSA) is 42.2 Å². The summed E-state index contributed by atoms with van der Waals surface area (Å²) >= 11 is 1.59. The van der Waals surface area contributed by atoms with Crippen molar-refractivity contribution in [1.82, 2.24) is 4.73 Å². The first-order valence-corrected chi connectivity index (χ1v) is 6.66. The summed E-state index contributed by atoms with van der Waals surface area (Å²) in [5.74, 6) is 0.566. The first kappa shape index (κ1) is 12.8. The minimum absolute atomic E-state index is 0.380. The normalized spacial score (nSPS) is 10.6. The van der Waals surface area contributed by atoms with Gasteiger partial charge in [-0.15, -0.1) is 11.8 Å². The van der Waals surface area contributed by atoms with Crippen LogP contribution in [0.15, 0.2) is 46.1 Å². The van der Waals surface area contributed by atoms with Crippen LogP contribution in [-0.4, -0.2) is 9.94 Å². The van der Waals surface area contributed by atoms with E-state index in [2.05, 4.69) is 0 Å². The van der Waals surface area contributed by atoms with Crippen LogP contribution in [0.5, 0.6) is 0 Å². The van der Waals surface area contributed by atoms with Crippen molar-refractivity contribution in [3.8, 4) is 0 Å². The summed E-state index contributed by atoms with van der Waals surface area (Å²) in [5.41, 5.74) is 2.32. The summed E-state index contributed by atoms with van der Waals surface area (Å²) in [6.07, 6.45) is 0. The second kappa shape index (κ2) is 5.31. The highest BCUT2D eigenvalue weighted by Crippen LogP contribution is 2.22. The number of hydrogen-bond acceptors (Lipinski definition) is 3. The molecule has 0 fully saturated rings. The Hall–Kier alpha value is -1.68. The zero-order chi connectivity index (χ0) is 13.1. The second-order valence-corrected chi connectivity index (χ2v) is 5.32. The molecule has 3 nitrogen and oxygen atoms in total. The fraction of sp³-hybridized carbons (Fsp3) is 0.214. The third-order valence-corrected chi connectivity index (χ3v) is 3.68. The van der Waals surface area contributed by atoms with Gasteiger partial charge >= 0.3 is 0 Å². The van der Waals surface area contributed by atoms with Gasteiger partial charge in [0, 0.05) is 16.7 Å². The van der Waals surface area contributed by atoms with E-state index in [9.17, 15) is 10.0 Å². The van der Waals surface area contributed by atoms with Crippen molar-refractivity contribution in [2.45, 2.75) is 24.5 Å². The lowest BCUT2D eigenvalue weighted by atomic mass is 10.2.